The molecule has 0 bridgehead atoms. The molecule has 2 aliphatic carbocycles. The molecular weight excluding hydrogens is 330 g/mol. The summed E-state index contributed by atoms with van der Waals surface area (Å²) in [5.74, 6) is 0.355. The first kappa shape index (κ1) is 13.8. The Kier molecular flexibility index (Phi) is 3.34. The molecule has 1 heterocycles. The minimum absolute atomic E-state index is 0.271. The Balaban J connectivity index is 1.69. The summed E-state index contributed by atoms with van der Waals surface area (Å²) in [7, 11) is 0. The zero-order valence-electron chi connectivity index (χ0n) is 12.0. The molecule has 112 valence electrons. The molecule has 4 atom stereocenters. The molecule has 0 amide bonds. The zero-order valence-corrected chi connectivity index (χ0v) is 13.6. The van der Waals surface area contributed by atoms with Crippen molar-refractivity contribution in [1.29, 1.82) is 0 Å². The zero-order chi connectivity index (χ0) is 14.6. The van der Waals surface area contributed by atoms with E-state index in [2.05, 4.69) is 39.0 Å². The number of hydrogen-bond donors (Lipinski definition) is 1. The average Bonchev–Trinajstić information content (AvgIpc) is 3.10. The topological polar surface area (TPSA) is 40.5 Å². The van der Waals surface area contributed by atoms with E-state index in [4.69, 9.17) is 0 Å². The van der Waals surface area contributed by atoms with E-state index in [1.54, 1.807) is 0 Å². The summed E-state index contributed by atoms with van der Waals surface area (Å²) >= 11 is 3.64. The summed E-state index contributed by atoms with van der Waals surface area (Å²) in [6, 6.07) is 6.38. The maximum absolute atomic E-state index is 11.8. The first-order chi connectivity index (χ1) is 10.2. The Morgan fingerprint density at radius 2 is 2.14 bits per heavy atom. The number of aliphatic carboxylic acids is 1. The molecule has 3 nitrogen and oxygen atoms in total. The Morgan fingerprint density at radius 1 is 1.29 bits per heavy atom. The van der Waals surface area contributed by atoms with Gasteiger partial charge >= 0.3 is 5.97 Å². The van der Waals surface area contributed by atoms with Crippen molar-refractivity contribution < 1.29 is 9.90 Å². The molecule has 21 heavy (non-hydrogen) atoms. The van der Waals surface area contributed by atoms with Gasteiger partial charge in [0.2, 0.25) is 0 Å². The molecule has 0 radical (unpaired) electrons. The van der Waals surface area contributed by atoms with Crippen molar-refractivity contribution in [2.45, 2.75) is 44.2 Å². The number of likely N-dealkylation sites (tertiary alicyclic amines) is 1. The molecule has 3 aliphatic rings. The summed E-state index contributed by atoms with van der Waals surface area (Å²) < 4.78 is 1.17. The second kappa shape index (κ2) is 5.10. The predicted octanol–water partition coefficient (Wildman–Crippen LogP) is 3.62. The van der Waals surface area contributed by atoms with Gasteiger partial charge in [0.05, 0.1) is 0 Å². The van der Waals surface area contributed by atoms with Crippen LogP contribution in [0, 0.1) is 11.8 Å². The molecule has 1 aliphatic heterocycles. The van der Waals surface area contributed by atoms with Gasteiger partial charge in [0, 0.05) is 17.1 Å². The van der Waals surface area contributed by atoms with Crippen LogP contribution in [0.25, 0.3) is 0 Å². The van der Waals surface area contributed by atoms with Gasteiger partial charge in [-0.1, -0.05) is 34.5 Å². The third-order valence-electron chi connectivity index (χ3n) is 5.76. The molecular formula is C17H20BrNO2. The number of benzene rings is 1. The number of hydrogen-bond acceptors (Lipinski definition) is 2. The lowest BCUT2D eigenvalue weighted by Crippen LogP contribution is -2.41. The van der Waals surface area contributed by atoms with Gasteiger partial charge < -0.3 is 5.11 Å². The predicted molar refractivity (Wildman–Crippen MR) is 84.2 cm³/mol. The lowest BCUT2D eigenvalue weighted by Gasteiger charge is -2.30. The standard InChI is InChI=1S/C17H20BrNO2/c18-14-6-2-5-13-12(14)7-8-15(13)19-9-10-3-1-4-11(10)16(19)17(20)21/h2,5-6,10-11,15-16H,1,3-4,7-9H2,(H,20,21). The van der Waals surface area contributed by atoms with Crippen LogP contribution >= 0.6 is 15.9 Å². The van der Waals surface area contributed by atoms with Crippen molar-refractivity contribution in [2.24, 2.45) is 11.8 Å². The number of carboxylic acid groups (broad SMARTS) is 1. The smallest absolute Gasteiger partial charge is 0.321 e. The van der Waals surface area contributed by atoms with Gasteiger partial charge in [0.1, 0.15) is 6.04 Å². The van der Waals surface area contributed by atoms with Crippen LogP contribution < -0.4 is 0 Å². The SMILES string of the molecule is O=C(O)C1C2CCCC2CN1C1CCc2c(Br)cccc21. The quantitative estimate of drug-likeness (QED) is 0.886. The van der Waals surface area contributed by atoms with Gasteiger partial charge in [-0.05, 0) is 54.7 Å². The Labute approximate surface area is 133 Å². The van der Waals surface area contributed by atoms with Crippen molar-refractivity contribution in [2.75, 3.05) is 6.54 Å². The summed E-state index contributed by atoms with van der Waals surface area (Å²) in [5, 5.41) is 9.74. The number of halogens is 1. The minimum atomic E-state index is -0.618. The summed E-state index contributed by atoms with van der Waals surface area (Å²) in [5.41, 5.74) is 2.72. The molecule has 1 saturated carbocycles. The van der Waals surface area contributed by atoms with E-state index in [-0.39, 0.29) is 6.04 Å². The summed E-state index contributed by atoms with van der Waals surface area (Å²) in [6.45, 7) is 0.970. The molecule has 4 unspecified atom stereocenters. The summed E-state index contributed by atoms with van der Waals surface area (Å²) in [6.07, 6.45) is 5.62. The van der Waals surface area contributed by atoms with Crippen molar-refractivity contribution >= 4 is 21.9 Å². The van der Waals surface area contributed by atoms with Crippen molar-refractivity contribution in [3.8, 4) is 0 Å². The molecule has 0 aromatic heterocycles. The maximum Gasteiger partial charge on any atom is 0.321 e. The van der Waals surface area contributed by atoms with Crippen LogP contribution in [0.15, 0.2) is 22.7 Å². The monoisotopic (exact) mass is 349 g/mol. The highest BCUT2D eigenvalue weighted by atomic mass is 79.9. The third-order valence-corrected chi connectivity index (χ3v) is 6.50. The van der Waals surface area contributed by atoms with Crippen LogP contribution in [0.1, 0.15) is 42.9 Å². The summed E-state index contributed by atoms with van der Waals surface area (Å²) in [4.78, 5) is 14.1. The molecule has 2 fully saturated rings. The highest BCUT2D eigenvalue weighted by molar-refractivity contribution is 9.10. The first-order valence-corrected chi connectivity index (χ1v) is 8.72. The van der Waals surface area contributed by atoms with Gasteiger partial charge in [-0.2, -0.15) is 0 Å². The van der Waals surface area contributed by atoms with Crippen molar-refractivity contribution in [3.63, 3.8) is 0 Å². The fraction of sp³-hybridized carbons (Fsp3) is 0.588. The van der Waals surface area contributed by atoms with Crippen LogP contribution in [-0.2, 0) is 11.2 Å². The van der Waals surface area contributed by atoms with E-state index in [1.807, 2.05) is 0 Å². The molecule has 1 aromatic carbocycles. The molecule has 4 rings (SSSR count). The van der Waals surface area contributed by atoms with Crippen LogP contribution in [-0.4, -0.2) is 28.6 Å². The Bertz CT molecular complexity index is 588. The first-order valence-electron chi connectivity index (χ1n) is 7.92. The lowest BCUT2D eigenvalue weighted by molar-refractivity contribution is -0.144. The van der Waals surface area contributed by atoms with Crippen LogP contribution in [0.4, 0.5) is 0 Å². The molecule has 0 spiro atoms. The maximum atomic E-state index is 11.8. The Morgan fingerprint density at radius 3 is 2.95 bits per heavy atom. The van der Waals surface area contributed by atoms with E-state index < -0.39 is 5.97 Å². The molecule has 1 aromatic rings. The van der Waals surface area contributed by atoms with Gasteiger partial charge in [0.15, 0.2) is 0 Å². The van der Waals surface area contributed by atoms with Crippen LogP contribution in [0.5, 0.6) is 0 Å². The van der Waals surface area contributed by atoms with E-state index >= 15 is 0 Å². The second-order valence-electron chi connectivity index (χ2n) is 6.70. The second-order valence-corrected chi connectivity index (χ2v) is 7.55. The minimum Gasteiger partial charge on any atom is -0.480 e. The van der Waals surface area contributed by atoms with Gasteiger partial charge in [0.25, 0.3) is 0 Å². The fourth-order valence-electron chi connectivity index (χ4n) is 4.92. The van der Waals surface area contributed by atoms with Gasteiger partial charge in [-0.3, -0.25) is 9.69 Å². The van der Waals surface area contributed by atoms with Crippen LogP contribution in [0.3, 0.4) is 0 Å². The lowest BCUT2D eigenvalue weighted by atomic mass is 9.94. The average molecular weight is 350 g/mol. The van der Waals surface area contributed by atoms with Gasteiger partial charge in [-0.15, -0.1) is 0 Å². The normalized spacial score (nSPS) is 34.9. The number of carbonyl (C=O) groups is 1. The number of nitrogens with zero attached hydrogens (tertiary/aromatic N) is 1. The van der Waals surface area contributed by atoms with Crippen LogP contribution in [0.2, 0.25) is 0 Å². The molecule has 1 N–H and O–H groups in total. The van der Waals surface area contributed by atoms with E-state index in [1.165, 1.54) is 28.4 Å². The third kappa shape index (κ3) is 2.07. The highest BCUT2D eigenvalue weighted by Crippen LogP contribution is 2.49. The van der Waals surface area contributed by atoms with E-state index in [0.717, 1.165) is 25.8 Å². The van der Waals surface area contributed by atoms with E-state index in [0.29, 0.717) is 17.9 Å². The van der Waals surface area contributed by atoms with E-state index in [9.17, 15) is 9.90 Å². The number of fused-ring (bicyclic) bond motifs is 2. The largest absolute Gasteiger partial charge is 0.480 e. The van der Waals surface area contributed by atoms with Gasteiger partial charge in [-0.25, -0.2) is 0 Å². The molecule has 4 heteroatoms. The molecule has 1 saturated heterocycles. The Hall–Kier alpha value is -0.870. The van der Waals surface area contributed by atoms with Crippen molar-refractivity contribution in [1.82, 2.24) is 4.90 Å². The number of rotatable bonds is 2. The fourth-order valence-corrected chi connectivity index (χ4v) is 5.50. The van der Waals surface area contributed by atoms with Crippen molar-refractivity contribution in [3.05, 3.63) is 33.8 Å². The highest BCUT2D eigenvalue weighted by Gasteiger charge is 2.50. The number of carboxylic acids is 1.